The van der Waals surface area contributed by atoms with E-state index in [1.807, 2.05) is 6.92 Å². The van der Waals surface area contributed by atoms with Crippen LogP contribution in [0.3, 0.4) is 0 Å². The molecule has 1 aromatic rings. The van der Waals surface area contributed by atoms with Gasteiger partial charge < -0.3 is 15.7 Å². The maximum atomic E-state index is 13.3. The Bertz CT molecular complexity index is 495. The fourth-order valence-corrected chi connectivity index (χ4v) is 1.58. The van der Waals surface area contributed by atoms with Crippen molar-refractivity contribution in [3.63, 3.8) is 0 Å². The van der Waals surface area contributed by atoms with Crippen molar-refractivity contribution < 1.29 is 23.5 Å². The number of nitrogens with one attached hydrogen (secondary N) is 2. The van der Waals surface area contributed by atoms with Gasteiger partial charge >= 0.3 is 12.0 Å². The highest BCUT2D eigenvalue weighted by Gasteiger charge is 2.19. The van der Waals surface area contributed by atoms with Crippen LogP contribution in [-0.2, 0) is 4.79 Å². The van der Waals surface area contributed by atoms with E-state index < -0.39 is 29.7 Å². The molecule has 3 N–H and O–H groups in total. The Hall–Kier alpha value is -2.18. The molecule has 1 atom stereocenters. The molecule has 20 heavy (non-hydrogen) atoms. The van der Waals surface area contributed by atoms with Gasteiger partial charge in [-0.15, -0.1) is 0 Å². The standard InChI is InChI=1S/C13H16F2N2O3/c1-2-3-4-10(12(18)19)16-13(20)17-11-7-8(14)5-6-9(11)15/h5-7,10H,2-4H2,1H3,(H,18,19)(H2,16,17,20)/t10-/m0/s1. The number of rotatable bonds is 6. The van der Waals surface area contributed by atoms with Gasteiger partial charge in [-0.05, 0) is 18.6 Å². The third-order valence-electron chi connectivity index (χ3n) is 2.63. The molecule has 7 heteroatoms. The summed E-state index contributed by atoms with van der Waals surface area (Å²) < 4.78 is 26.2. The first-order valence-corrected chi connectivity index (χ1v) is 6.19. The van der Waals surface area contributed by atoms with Crippen molar-refractivity contribution in [1.82, 2.24) is 5.32 Å². The van der Waals surface area contributed by atoms with Gasteiger partial charge in [-0.1, -0.05) is 19.8 Å². The Morgan fingerprint density at radius 1 is 1.35 bits per heavy atom. The van der Waals surface area contributed by atoms with Gasteiger partial charge in [0.25, 0.3) is 0 Å². The van der Waals surface area contributed by atoms with E-state index >= 15 is 0 Å². The van der Waals surface area contributed by atoms with Crippen molar-refractivity contribution in [2.45, 2.75) is 32.2 Å². The Morgan fingerprint density at radius 3 is 2.65 bits per heavy atom. The lowest BCUT2D eigenvalue weighted by Gasteiger charge is -2.15. The number of carboxylic acid groups (broad SMARTS) is 1. The van der Waals surface area contributed by atoms with Gasteiger partial charge in [0.1, 0.15) is 17.7 Å². The Morgan fingerprint density at radius 2 is 2.05 bits per heavy atom. The van der Waals surface area contributed by atoms with E-state index in [0.29, 0.717) is 6.42 Å². The Kier molecular flexibility index (Phi) is 5.89. The molecule has 0 aliphatic carbocycles. The zero-order chi connectivity index (χ0) is 15.1. The third kappa shape index (κ3) is 4.83. The summed E-state index contributed by atoms with van der Waals surface area (Å²) in [6, 6.07) is 0.650. The van der Waals surface area contributed by atoms with E-state index in [2.05, 4.69) is 10.6 Å². The molecule has 2 amide bonds. The molecule has 0 aromatic heterocycles. The van der Waals surface area contributed by atoms with Crippen LogP contribution < -0.4 is 10.6 Å². The van der Waals surface area contributed by atoms with Crippen molar-refractivity contribution in [1.29, 1.82) is 0 Å². The topological polar surface area (TPSA) is 78.4 Å². The third-order valence-corrected chi connectivity index (χ3v) is 2.63. The van der Waals surface area contributed by atoms with Crippen molar-refractivity contribution in [3.05, 3.63) is 29.8 Å². The minimum Gasteiger partial charge on any atom is -0.480 e. The number of carbonyl (C=O) groups is 2. The summed E-state index contributed by atoms with van der Waals surface area (Å²) in [4.78, 5) is 22.5. The van der Waals surface area contributed by atoms with Crippen LogP contribution in [-0.4, -0.2) is 23.1 Å². The monoisotopic (exact) mass is 286 g/mol. The lowest BCUT2D eigenvalue weighted by Crippen LogP contribution is -2.43. The summed E-state index contributed by atoms with van der Waals surface area (Å²) >= 11 is 0. The van der Waals surface area contributed by atoms with Crippen molar-refractivity contribution in [2.75, 3.05) is 5.32 Å². The van der Waals surface area contributed by atoms with Crippen LogP contribution in [0.2, 0.25) is 0 Å². The van der Waals surface area contributed by atoms with Gasteiger partial charge in [-0.3, -0.25) is 0 Å². The average Bonchev–Trinajstić information content (AvgIpc) is 2.38. The van der Waals surface area contributed by atoms with E-state index in [0.717, 1.165) is 24.6 Å². The molecule has 110 valence electrons. The van der Waals surface area contributed by atoms with E-state index in [-0.39, 0.29) is 12.1 Å². The maximum Gasteiger partial charge on any atom is 0.326 e. The molecule has 0 fully saturated rings. The zero-order valence-electron chi connectivity index (χ0n) is 11.0. The van der Waals surface area contributed by atoms with E-state index in [1.165, 1.54) is 0 Å². The fourth-order valence-electron chi connectivity index (χ4n) is 1.58. The summed E-state index contributed by atoms with van der Waals surface area (Å²) in [7, 11) is 0. The molecular weight excluding hydrogens is 270 g/mol. The Labute approximate surface area is 115 Å². The Balaban J connectivity index is 2.65. The molecular formula is C13H16F2N2O3. The number of urea groups is 1. The van der Waals surface area contributed by atoms with E-state index in [9.17, 15) is 18.4 Å². The molecule has 1 aromatic carbocycles. The molecule has 1 rings (SSSR count). The summed E-state index contributed by atoms with van der Waals surface area (Å²) in [6.07, 6.45) is 1.68. The lowest BCUT2D eigenvalue weighted by atomic mass is 10.1. The predicted molar refractivity (Wildman–Crippen MR) is 69.5 cm³/mol. The van der Waals surface area contributed by atoms with Gasteiger partial charge in [-0.2, -0.15) is 0 Å². The minimum absolute atomic E-state index is 0.269. The normalized spacial score (nSPS) is 11.8. The summed E-state index contributed by atoms with van der Waals surface area (Å²) in [5.74, 6) is -2.68. The number of unbranched alkanes of at least 4 members (excludes halogenated alkanes) is 1. The average molecular weight is 286 g/mol. The first kappa shape index (κ1) is 15.9. The molecule has 0 spiro atoms. The van der Waals surface area contributed by atoms with Crippen LogP contribution in [0, 0.1) is 11.6 Å². The zero-order valence-corrected chi connectivity index (χ0v) is 11.0. The first-order valence-electron chi connectivity index (χ1n) is 6.19. The molecule has 0 aliphatic heterocycles. The number of hydrogen-bond acceptors (Lipinski definition) is 2. The van der Waals surface area contributed by atoms with E-state index in [1.54, 1.807) is 0 Å². The SMILES string of the molecule is CCCC[C@H](NC(=O)Nc1cc(F)ccc1F)C(=O)O. The van der Waals surface area contributed by atoms with Gasteiger partial charge in [0, 0.05) is 6.07 Å². The quantitative estimate of drug-likeness (QED) is 0.752. The highest BCUT2D eigenvalue weighted by molar-refractivity contribution is 5.92. The number of aliphatic carboxylic acids is 1. The highest BCUT2D eigenvalue weighted by atomic mass is 19.1. The number of amides is 2. The number of halogens is 2. The molecule has 0 saturated heterocycles. The van der Waals surface area contributed by atoms with Gasteiger partial charge in [0.15, 0.2) is 0 Å². The van der Waals surface area contributed by atoms with Crippen LogP contribution in [0.4, 0.5) is 19.3 Å². The highest BCUT2D eigenvalue weighted by Crippen LogP contribution is 2.15. The molecule has 0 unspecified atom stereocenters. The predicted octanol–water partition coefficient (Wildman–Crippen LogP) is 2.73. The summed E-state index contributed by atoms with van der Waals surface area (Å²) in [6.45, 7) is 1.89. The molecule has 0 aliphatic rings. The number of hydrogen-bond donors (Lipinski definition) is 3. The molecule has 0 saturated carbocycles. The number of carbonyl (C=O) groups excluding carboxylic acids is 1. The lowest BCUT2D eigenvalue weighted by molar-refractivity contribution is -0.139. The van der Waals surface area contributed by atoms with Crippen molar-refractivity contribution in [2.24, 2.45) is 0 Å². The molecule has 5 nitrogen and oxygen atoms in total. The van der Waals surface area contributed by atoms with Gasteiger partial charge in [0.2, 0.25) is 0 Å². The van der Waals surface area contributed by atoms with Crippen molar-refractivity contribution in [3.8, 4) is 0 Å². The second-order valence-corrected chi connectivity index (χ2v) is 4.26. The van der Waals surface area contributed by atoms with Crippen molar-refractivity contribution >= 4 is 17.7 Å². The number of anilines is 1. The van der Waals surface area contributed by atoms with Crippen LogP contribution in [0.5, 0.6) is 0 Å². The van der Waals surface area contributed by atoms with Crippen LogP contribution >= 0.6 is 0 Å². The minimum atomic E-state index is -1.17. The van der Waals surface area contributed by atoms with Crippen LogP contribution in [0.25, 0.3) is 0 Å². The number of carboxylic acids is 1. The molecule has 0 radical (unpaired) electrons. The second kappa shape index (κ2) is 7.42. The van der Waals surface area contributed by atoms with Crippen LogP contribution in [0.1, 0.15) is 26.2 Å². The largest absolute Gasteiger partial charge is 0.480 e. The molecule has 0 heterocycles. The van der Waals surface area contributed by atoms with Crippen LogP contribution in [0.15, 0.2) is 18.2 Å². The second-order valence-electron chi connectivity index (χ2n) is 4.26. The first-order chi connectivity index (χ1) is 9.43. The summed E-state index contributed by atoms with van der Waals surface area (Å²) in [5.41, 5.74) is -0.345. The smallest absolute Gasteiger partial charge is 0.326 e. The molecule has 0 bridgehead atoms. The fraction of sp³-hybridized carbons (Fsp3) is 0.385. The van der Waals surface area contributed by atoms with Gasteiger partial charge in [0.05, 0.1) is 5.69 Å². The van der Waals surface area contributed by atoms with E-state index in [4.69, 9.17) is 5.11 Å². The maximum absolute atomic E-state index is 13.3. The number of benzene rings is 1. The summed E-state index contributed by atoms with van der Waals surface area (Å²) in [5, 5.41) is 13.2. The van der Waals surface area contributed by atoms with Gasteiger partial charge in [-0.25, -0.2) is 18.4 Å².